The molecule has 2 rings (SSSR count). The lowest BCUT2D eigenvalue weighted by Gasteiger charge is -2.14. The van der Waals surface area contributed by atoms with Crippen LogP contribution >= 0.6 is 27.5 Å². The second kappa shape index (κ2) is 7.31. The Kier molecular flexibility index (Phi) is 5.69. The van der Waals surface area contributed by atoms with Crippen LogP contribution in [0.4, 0.5) is 0 Å². The lowest BCUT2D eigenvalue weighted by Crippen LogP contribution is -2.25. The van der Waals surface area contributed by atoms with Gasteiger partial charge in [0.25, 0.3) is 0 Å². The molecule has 2 aromatic rings. The molecule has 1 aromatic carbocycles. The van der Waals surface area contributed by atoms with Gasteiger partial charge in [-0.25, -0.2) is 0 Å². The number of rotatable bonds is 6. The Bertz CT molecular complexity index is 619. The zero-order chi connectivity index (χ0) is 15.4. The predicted molar refractivity (Wildman–Crippen MR) is 84.9 cm³/mol. The van der Waals surface area contributed by atoms with E-state index in [2.05, 4.69) is 36.8 Å². The summed E-state index contributed by atoms with van der Waals surface area (Å²) in [6, 6.07) is 3.79. The molecule has 0 aliphatic rings. The summed E-state index contributed by atoms with van der Waals surface area (Å²) in [7, 11) is 1.67. The smallest absolute Gasteiger partial charge is 0.173 e. The van der Waals surface area contributed by atoms with Crippen LogP contribution in [-0.4, -0.2) is 40.5 Å². The summed E-state index contributed by atoms with van der Waals surface area (Å²) in [5, 5.41) is 15.9. The van der Waals surface area contributed by atoms with Crippen molar-refractivity contribution in [3.63, 3.8) is 0 Å². The minimum Gasteiger partial charge on any atom is -0.383 e. The summed E-state index contributed by atoms with van der Waals surface area (Å²) in [5.41, 5.74) is 1.80. The van der Waals surface area contributed by atoms with Gasteiger partial charge in [-0.15, -0.1) is 5.10 Å². The van der Waals surface area contributed by atoms with Crippen molar-refractivity contribution >= 4 is 27.5 Å². The van der Waals surface area contributed by atoms with Crippen LogP contribution in [0.5, 0.6) is 0 Å². The molecule has 1 atom stereocenters. The van der Waals surface area contributed by atoms with Gasteiger partial charge in [-0.05, 0) is 57.9 Å². The quantitative estimate of drug-likeness (QED) is 0.788. The largest absolute Gasteiger partial charge is 0.383 e. The van der Waals surface area contributed by atoms with Gasteiger partial charge < -0.3 is 10.1 Å². The molecule has 6 nitrogen and oxygen atoms in total. The summed E-state index contributed by atoms with van der Waals surface area (Å²) >= 11 is 9.74. The Morgan fingerprint density at radius 3 is 2.95 bits per heavy atom. The number of tetrazole rings is 1. The highest BCUT2D eigenvalue weighted by Gasteiger charge is 2.17. The lowest BCUT2D eigenvalue weighted by molar-refractivity contribution is 0.196. The van der Waals surface area contributed by atoms with Crippen LogP contribution in [0.2, 0.25) is 5.02 Å². The highest BCUT2D eigenvalue weighted by molar-refractivity contribution is 9.10. The van der Waals surface area contributed by atoms with Gasteiger partial charge in [0.05, 0.1) is 18.3 Å². The summed E-state index contributed by atoms with van der Waals surface area (Å²) in [6.45, 7) is 5.31. The van der Waals surface area contributed by atoms with Gasteiger partial charge in [0, 0.05) is 23.1 Å². The van der Waals surface area contributed by atoms with Gasteiger partial charge in [0.15, 0.2) is 5.82 Å². The number of nitrogens with zero attached hydrogens (tertiary/aromatic N) is 4. The van der Waals surface area contributed by atoms with Gasteiger partial charge in [0.2, 0.25) is 0 Å². The molecule has 114 valence electrons. The normalized spacial score (nSPS) is 12.6. The van der Waals surface area contributed by atoms with E-state index < -0.39 is 0 Å². The number of methoxy groups -OCH3 is 1. The standard InChI is InChI=1S/C13H17BrClN5O/c1-8-6-10(14)12(7-11(8)15)20-13(17-18-19-20)9(2)16-4-5-21-3/h6-7,9,16H,4-5H2,1-3H3. The molecule has 1 N–H and O–H groups in total. The first-order chi connectivity index (χ1) is 10.0. The number of nitrogens with one attached hydrogen (secondary N) is 1. The van der Waals surface area contributed by atoms with Crippen LogP contribution in [0.15, 0.2) is 16.6 Å². The highest BCUT2D eigenvalue weighted by atomic mass is 79.9. The molecule has 1 aromatic heterocycles. The van der Waals surface area contributed by atoms with Gasteiger partial charge >= 0.3 is 0 Å². The number of halogens is 2. The van der Waals surface area contributed by atoms with E-state index in [-0.39, 0.29) is 6.04 Å². The summed E-state index contributed by atoms with van der Waals surface area (Å²) in [4.78, 5) is 0. The van der Waals surface area contributed by atoms with E-state index in [0.717, 1.165) is 22.3 Å². The molecule has 21 heavy (non-hydrogen) atoms. The van der Waals surface area contributed by atoms with Crippen molar-refractivity contribution in [2.45, 2.75) is 19.9 Å². The van der Waals surface area contributed by atoms with Crippen molar-refractivity contribution in [1.82, 2.24) is 25.5 Å². The zero-order valence-corrected chi connectivity index (χ0v) is 14.4. The zero-order valence-electron chi connectivity index (χ0n) is 12.1. The Balaban J connectivity index is 2.30. The Morgan fingerprint density at radius 1 is 1.48 bits per heavy atom. The Morgan fingerprint density at radius 2 is 2.24 bits per heavy atom. The first-order valence-electron chi connectivity index (χ1n) is 6.51. The van der Waals surface area contributed by atoms with Gasteiger partial charge in [-0.2, -0.15) is 4.68 Å². The molecule has 1 unspecified atom stereocenters. The number of hydrogen-bond acceptors (Lipinski definition) is 5. The van der Waals surface area contributed by atoms with Crippen molar-refractivity contribution in [2.24, 2.45) is 0 Å². The third-order valence-corrected chi connectivity index (χ3v) is 4.14. The molecular weight excluding hydrogens is 358 g/mol. The first kappa shape index (κ1) is 16.4. The van der Waals surface area contributed by atoms with Crippen molar-refractivity contribution in [3.05, 3.63) is 33.0 Å². The van der Waals surface area contributed by atoms with E-state index in [0.29, 0.717) is 17.5 Å². The second-order valence-electron chi connectivity index (χ2n) is 4.67. The SMILES string of the molecule is COCCNC(C)c1nnnn1-c1cc(Cl)c(C)cc1Br. The summed E-state index contributed by atoms with van der Waals surface area (Å²) in [6.07, 6.45) is 0. The maximum atomic E-state index is 6.20. The first-order valence-corrected chi connectivity index (χ1v) is 7.68. The van der Waals surface area contributed by atoms with Crippen molar-refractivity contribution in [3.8, 4) is 5.69 Å². The molecule has 0 saturated carbocycles. The fourth-order valence-electron chi connectivity index (χ4n) is 1.90. The maximum Gasteiger partial charge on any atom is 0.173 e. The number of benzene rings is 1. The van der Waals surface area contributed by atoms with E-state index in [9.17, 15) is 0 Å². The second-order valence-corrected chi connectivity index (χ2v) is 5.93. The third kappa shape index (κ3) is 3.79. The number of aryl methyl sites for hydroxylation is 1. The minimum absolute atomic E-state index is 0.0119. The summed E-state index contributed by atoms with van der Waals surface area (Å²) < 4.78 is 7.60. The van der Waals surface area contributed by atoms with Crippen LogP contribution in [0.25, 0.3) is 5.69 Å². The molecule has 0 saturated heterocycles. The van der Waals surface area contributed by atoms with Crippen LogP contribution in [-0.2, 0) is 4.74 Å². The highest BCUT2D eigenvalue weighted by Crippen LogP contribution is 2.28. The fourth-order valence-corrected chi connectivity index (χ4v) is 2.69. The maximum absolute atomic E-state index is 6.20. The van der Waals surface area contributed by atoms with E-state index in [1.807, 2.05) is 26.0 Å². The van der Waals surface area contributed by atoms with Gasteiger partial charge in [0.1, 0.15) is 0 Å². The molecule has 0 amide bonds. The molecule has 0 radical (unpaired) electrons. The minimum atomic E-state index is -0.0119. The van der Waals surface area contributed by atoms with E-state index >= 15 is 0 Å². The molecule has 0 bridgehead atoms. The average Bonchev–Trinajstić information content (AvgIpc) is 2.92. The third-order valence-electron chi connectivity index (χ3n) is 3.09. The van der Waals surface area contributed by atoms with Crippen molar-refractivity contribution in [1.29, 1.82) is 0 Å². The molecule has 0 aliphatic heterocycles. The van der Waals surface area contributed by atoms with Crippen LogP contribution in [0.1, 0.15) is 24.4 Å². The van der Waals surface area contributed by atoms with E-state index in [1.165, 1.54) is 0 Å². The molecule has 0 spiro atoms. The van der Waals surface area contributed by atoms with E-state index in [1.54, 1.807) is 11.8 Å². The van der Waals surface area contributed by atoms with E-state index in [4.69, 9.17) is 16.3 Å². The van der Waals surface area contributed by atoms with Crippen LogP contribution < -0.4 is 5.32 Å². The molecule has 8 heteroatoms. The lowest BCUT2D eigenvalue weighted by atomic mass is 10.2. The number of aromatic nitrogens is 4. The number of hydrogen-bond donors (Lipinski definition) is 1. The topological polar surface area (TPSA) is 64.9 Å². The molecular formula is C13H17BrClN5O. The molecule has 0 fully saturated rings. The Labute approximate surface area is 136 Å². The summed E-state index contributed by atoms with van der Waals surface area (Å²) in [5.74, 6) is 0.715. The Hall–Kier alpha value is -1.02. The molecule has 0 aliphatic carbocycles. The monoisotopic (exact) mass is 373 g/mol. The van der Waals surface area contributed by atoms with Gasteiger partial charge in [-0.3, -0.25) is 0 Å². The van der Waals surface area contributed by atoms with Crippen molar-refractivity contribution < 1.29 is 4.74 Å². The average molecular weight is 375 g/mol. The van der Waals surface area contributed by atoms with Crippen LogP contribution in [0.3, 0.4) is 0 Å². The van der Waals surface area contributed by atoms with Crippen LogP contribution in [0, 0.1) is 6.92 Å². The predicted octanol–water partition coefficient (Wildman–Crippen LogP) is 2.68. The van der Waals surface area contributed by atoms with Gasteiger partial charge in [-0.1, -0.05) is 11.6 Å². The number of ether oxygens (including phenoxy) is 1. The van der Waals surface area contributed by atoms with Crippen molar-refractivity contribution in [2.75, 3.05) is 20.3 Å². The molecule has 1 heterocycles. The fraction of sp³-hybridized carbons (Fsp3) is 0.462.